The van der Waals surface area contributed by atoms with E-state index < -0.39 is 0 Å². The van der Waals surface area contributed by atoms with Crippen molar-refractivity contribution >= 4 is 35.0 Å². The molecule has 0 unspecified atom stereocenters. The minimum atomic E-state index is -0.0637. The average Bonchev–Trinajstić information content (AvgIpc) is 2.98. The van der Waals surface area contributed by atoms with Gasteiger partial charge >= 0.3 is 0 Å². The standard InChI is InChI=1S/C18H23ClN4OS/c1-12-8-9-14(19)10-16(12)20-17(24)11-25-18-22-21-13(2)23(18)15-6-4-3-5-7-15/h8-10,15H,3-7,11H2,1-2H3,(H,20,24). The van der Waals surface area contributed by atoms with Crippen LogP contribution in [0.4, 0.5) is 5.69 Å². The number of amides is 1. The van der Waals surface area contributed by atoms with E-state index in [1.165, 1.54) is 43.9 Å². The van der Waals surface area contributed by atoms with Crippen molar-refractivity contribution in [1.29, 1.82) is 0 Å². The molecule has 25 heavy (non-hydrogen) atoms. The third kappa shape index (κ3) is 4.55. The van der Waals surface area contributed by atoms with Crippen LogP contribution in [0.1, 0.15) is 49.5 Å². The largest absolute Gasteiger partial charge is 0.325 e. The van der Waals surface area contributed by atoms with Crippen LogP contribution in [0.25, 0.3) is 0 Å². The Balaban J connectivity index is 1.63. The Labute approximate surface area is 157 Å². The van der Waals surface area contributed by atoms with Gasteiger partial charge in [-0.2, -0.15) is 0 Å². The second-order valence-electron chi connectivity index (χ2n) is 6.49. The molecule has 0 saturated heterocycles. The Bertz CT molecular complexity index is 756. The molecule has 1 aliphatic rings. The van der Waals surface area contributed by atoms with Gasteiger partial charge in [0.25, 0.3) is 0 Å². The molecule has 1 heterocycles. The predicted octanol–water partition coefficient (Wildman–Crippen LogP) is 4.78. The van der Waals surface area contributed by atoms with Crippen molar-refractivity contribution in [2.24, 2.45) is 0 Å². The summed E-state index contributed by atoms with van der Waals surface area (Å²) in [6, 6.07) is 5.95. The summed E-state index contributed by atoms with van der Waals surface area (Å²) in [5.41, 5.74) is 1.74. The summed E-state index contributed by atoms with van der Waals surface area (Å²) in [5.74, 6) is 1.17. The number of thioether (sulfide) groups is 1. The molecule has 2 aromatic rings. The Hall–Kier alpha value is -1.53. The number of carbonyl (C=O) groups excluding carboxylic acids is 1. The van der Waals surface area contributed by atoms with Crippen LogP contribution in [0.2, 0.25) is 5.02 Å². The maximum absolute atomic E-state index is 12.3. The number of nitrogens with zero attached hydrogens (tertiary/aromatic N) is 3. The number of nitrogens with one attached hydrogen (secondary N) is 1. The zero-order valence-electron chi connectivity index (χ0n) is 14.6. The number of rotatable bonds is 5. The van der Waals surface area contributed by atoms with Gasteiger partial charge in [0, 0.05) is 16.8 Å². The number of hydrogen-bond donors (Lipinski definition) is 1. The maximum Gasteiger partial charge on any atom is 0.234 e. The van der Waals surface area contributed by atoms with Crippen LogP contribution in [-0.2, 0) is 4.79 Å². The summed E-state index contributed by atoms with van der Waals surface area (Å²) in [7, 11) is 0. The van der Waals surface area contributed by atoms with E-state index in [9.17, 15) is 4.79 Å². The zero-order chi connectivity index (χ0) is 17.8. The number of aryl methyl sites for hydroxylation is 2. The lowest BCUT2D eigenvalue weighted by atomic mass is 9.95. The van der Waals surface area contributed by atoms with Crippen molar-refractivity contribution in [2.75, 3.05) is 11.1 Å². The molecule has 5 nitrogen and oxygen atoms in total. The normalized spacial score (nSPS) is 15.3. The molecule has 1 amide bonds. The second-order valence-corrected chi connectivity index (χ2v) is 7.87. The van der Waals surface area contributed by atoms with Crippen LogP contribution >= 0.6 is 23.4 Å². The Morgan fingerprint density at radius 2 is 2.04 bits per heavy atom. The van der Waals surface area contributed by atoms with Crippen LogP contribution in [0, 0.1) is 13.8 Å². The predicted molar refractivity (Wildman–Crippen MR) is 102 cm³/mol. The molecule has 7 heteroatoms. The van der Waals surface area contributed by atoms with Crippen molar-refractivity contribution in [1.82, 2.24) is 14.8 Å². The molecule has 1 fully saturated rings. The lowest BCUT2D eigenvalue weighted by Crippen LogP contribution is -2.17. The zero-order valence-corrected chi connectivity index (χ0v) is 16.2. The topological polar surface area (TPSA) is 59.8 Å². The average molecular weight is 379 g/mol. The van der Waals surface area contributed by atoms with Gasteiger partial charge in [0.1, 0.15) is 5.82 Å². The van der Waals surface area contributed by atoms with E-state index in [-0.39, 0.29) is 5.91 Å². The van der Waals surface area contributed by atoms with Crippen molar-refractivity contribution in [2.45, 2.75) is 57.1 Å². The highest BCUT2D eigenvalue weighted by Crippen LogP contribution is 2.32. The first-order valence-electron chi connectivity index (χ1n) is 8.65. The fourth-order valence-corrected chi connectivity index (χ4v) is 4.28. The highest BCUT2D eigenvalue weighted by atomic mass is 35.5. The van der Waals surface area contributed by atoms with E-state index in [2.05, 4.69) is 20.1 Å². The monoisotopic (exact) mass is 378 g/mol. The Morgan fingerprint density at radius 3 is 2.80 bits per heavy atom. The SMILES string of the molecule is Cc1ccc(Cl)cc1NC(=O)CSc1nnc(C)n1C1CCCCC1. The highest BCUT2D eigenvalue weighted by Gasteiger charge is 2.21. The van der Waals surface area contributed by atoms with E-state index in [0.717, 1.165) is 22.2 Å². The summed E-state index contributed by atoms with van der Waals surface area (Å²) in [6.07, 6.45) is 6.14. The maximum atomic E-state index is 12.3. The van der Waals surface area contributed by atoms with Crippen LogP contribution < -0.4 is 5.32 Å². The lowest BCUT2D eigenvalue weighted by molar-refractivity contribution is -0.113. The molecule has 0 radical (unpaired) electrons. The number of carbonyl (C=O) groups is 1. The van der Waals surface area contributed by atoms with Crippen molar-refractivity contribution in [3.8, 4) is 0 Å². The third-order valence-electron chi connectivity index (χ3n) is 4.58. The fourth-order valence-electron chi connectivity index (χ4n) is 3.25. The number of hydrogen-bond acceptors (Lipinski definition) is 4. The van der Waals surface area contributed by atoms with Crippen molar-refractivity contribution < 1.29 is 4.79 Å². The van der Waals surface area contributed by atoms with Gasteiger partial charge in [0.2, 0.25) is 5.91 Å². The molecule has 0 atom stereocenters. The highest BCUT2D eigenvalue weighted by molar-refractivity contribution is 7.99. The summed E-state index contributed by atoms with van der Waals surface area (Å²) < 4.78 is 2.21. The molecule has 0 aliphatic heterocycles. The molecule has 134 valence electrons. The van der Waals surface area contributed by atoms with Gasteiger partial charge in [-0.15, -0.1) is 10.2 Å². The quantitative estimate of drug-likeness (QED) is 0.760. The van der Waals surface area contributed by atoms with Gasteiger partial charge in [0.15, 0.2) is 5.16 Å². The summed E-state index contributed by atoms with van der Waals surface area (Å²) >= 11 is 7.45. The van der Waals surface area contributed by atoms with Gasteiger partial charge in [-0.1, -0.05) is 48.7 Å². The summed E-state index contributed by atoms with van der Waals surface area (Å²) in [6.45, 7) is 3.93. The molecule has 1 N–H and O–H groups in total. The summed E-state index contributed by atoms with van der Waals surface area (Å²) in [5, 5.41) is 12.9. The van der Waals surface area contributed by atoms with Crippen molar-refractivity contribution in [3.05, 3.63) is 34.6 Å². The van der Waals surface area contributed by atoms with Gasteiger partial charge in [-0.3, -0.25) is 4.79 Å². The molecule has 1 aromatic carbocycles. The number of aromatic nitrogens is 3. The van der Waals surface area contributed by atoms with E-state index in [4.69, 9.17) is 11.6 Å². The molecule has 1 aromatic heterocycles. The molecule has 1 saturated carbocycles. The molecular weight excluding hydrogens is 356 g/mol. The molecule has 0 bridgehead atoms. The van der Waals surface area contributed by atoms with Crippen LogP contribution in [-0.4, -0.2) is 26.4 Å². The molecule has 3 rings (SSSR count). The second kappa shape index (κ2) is 8.23. The number of halogens is 1. The minimum Gasteiger partial charge on any atom is -0.325 e. The molecule has 0 spiro atoms. The van der Waals surface area contributed by atoms with E-state index >= 15 is 0 Å². The summed E-state index contributed by atoms with van der Waals surface area (Å²) in [4.78, 5) is 12.3. The van der Waals surface area contributed by atoms with E-state index in [0.29, 0.717) is 16.8 Å². The molecule has 1 aliphatic carbocycles. The Morgan fingerprint density at radius 1 is 1.28 bits per heavy atom. The van der Waals surface area contributed by atoms with Gasteiger partial charge < -0.3 is 9.88 Å². The van der Waals surface area contributed by atoms with Gasteiger partial charge in [0.05, 0.1) is 5.75 Å². The van der Waals surface area contributed by atoms with Gasteiger partial charge in [-0.05, 0) is 44.4 Å². The van der Waals surface area contributed by atoms with Crippen molar-refractivity contribution in [3.63, 3.8) is 0 Å². The first kappa shape index (κ1) is 18.3. The minimum absolute atomic E-state index is 0.0637. The fraction of sp³-hybridized carbons (Fsp3) is 0.500. The first-order chi connectivity index (χ1) is 12.0. The third-order valence-corrected chi connectivity index (χ3v) is 5.76. The lowest BCUT2D eigenvalue weighted by Gasteiger charge is -2.24. The first-order valence-corrected chi connectivity index (χ1v) is 10.0. The van der Waals surface area contributed by atoms with Crippen LogP contribution in [0.5, 0.6) is 0 Å². The number of anilines is 1. The van der Waals surface area contributed by atoms with Crippen LogP contribution in [0.15, 0.2) is 23.4 Å². The Kier molecular flexibility index (Phi) is 6.02. The van der Waals surface area contributed by atoms with E-state index in [1.54, 1.807) is 6.07 Å². The van der Waals surface area contributed by atoms with E-state index in [1.807, 2.05) is 26.0 Å². The van der Waals surface area contributed by atoms with Crippen LogP contribution in [0.3, 0.4) is 0 Å². The smallest absolute Gasteiger partial charge is 0.234 e. The van der Waals surface area contributed by atoms with Gasteiger partial charge in [-0.25, -0.2) is 0 Å². The number of benzene rings is 1. The molecular formula is C18H23ClN4OS.